The molecule has 0 saturated carbocycles. The van der Waals surface area contributed by atoms with Crippen LogP contribution in [-0.2, 0) is 0 Å². The first-order valence-electron chi connectivity index (χ1n) is 6.51. The van der Waals surface area contributed by atoms with Gasteiger partial charge in [-0.05, 0) is 50.6 Å². The second-order valence-electron chi connectivity index (χ2n) is 5.15. The van der Waals surface area contributed by atoms with Crippen molar-refractivity contribution in [3.63, 3.8) is 0 Å². The highest BCUT2D eigenvalue weighted by molar-refractivity contribution is 5.89. The van der Waals surface area contributed by atoms with E-state index < -0.39 is 11.8 Å². The topological polar surface area (TPSA) is 52.6 Å². The maximum absolute atomic E-state index is 13.3. The molecule has 0 aromatic heterocycles. The number of nitrogens with one attached hydrogen (secondary N) is 1. The second kappa shape index (κ2) is 6.02. The Bertz CT molecular complexity index is 465. The summed E-state index contributed by atoms with van der Waals surface area (Å²) in [4.78, 5) is 13.1. The van der Waals surface area contributed by atoms with Gasteiger partial charge >= 0.3 is 5.97 Å². The van der Waals surface area contributed by atoms with Gasteiger partial charge in [-0.3, -0.25) is 0 Å². The predicted molar refractivity (Wildman–Crippen MR) is 72.1 cm³/mol. The molecular weight excluding hydrogens is 247 g/mol. The number of nitrogens with zero attached hydrogens (tertiary/aromatic N) is 1. The summed E-state index contributed by atoms with van der Waals surface area (Å²) in [6.45, 7) is 2.96. The molecule has 0 aliphatic carbocycles. The van der Waals surface area contributed by atoms with Crippen LogP contribution in [0.4, 0.5) is 10.1 Å². The number of hydrogen-bond donors (Lipinski definition) is 2. The van der Waals surface area contributed by atoms with E-state index >= 15 is 0 Å². The van der Waals surface area contributed by atoms with Crippen LogP contribution in [0.15, 0.2) is 18.2 Å². The number of anilines is 1. The molecule has 2 rings (SSSR count). The van der Waals surface area contributed by atoms with Crippen molar-refractivity contribution in [3.8, 4) is 0 Å². The van der Waals surface area contributed by atoms with Gasteiger partial charge in [0.25, 0.3) is 0 Å². The molecule has 0 bridgehead atoms. The zero-order valence-electron chi connectivity index (χ0n) is 11.0. The van der Waals surface area contributed by atoms with Gasteiger partial charge in [-0.2, -0.15) is 0 Å². The Balaban J connectivity index is 1.96. The van der Waals surface area contributed by atoms with Gasteiger partial charge in [-0.15, -0.1) is 0 Å². The van der Waals surface area contributed by atoms with Crippen LogP contribution >= 0.6 is 0 Å². The molecule has 1 saturated heterocycles. The van der Waals surface area contributed by atoms with Crippen LogP contribution in [0.5, 0.6) is 0 Å². The third-order valence-corrected chi connectivity index (χ3v) is 3.51. The summed E-state index contributed by atoms with van der Waals surface area (Å²) in [6, 6.07) is 4.12. The molecule has 1 aromatic rings. The first-order chi connectivity index (χ1) is 9.06. The Kier molecular flexibility index (Phi) is 4.37. The highest BCUT2D eigenvalue weighted by Gasteiger charge is 2.17. The summed E-state index contributed by atoms with van der Waals surface area (Å²) < 4.78 is 13.3. The molecule has 2 N–H and O–H groups in total. The standard InChI is InChI=1S/C14H19FN2O2/c1-17-6-2-3-10(9-17)8-16-11-4-5-13(15)12(7-11)14(18)19/h4-5,7,10,16H,2-3,6,8-9H2,1H3,(H,18,19). The number of halogens is 1. The predicted octanol–water partition coefficient (Wildman–Crippen LogP) is 2.28. The van der Waals surface area contributed by atoms with Crippen LogP contribution in [-0.4, -0.2) is 42.7 Å². The van der Waals surface area contributed by atoms with E-state index in [1.54, 1.807) is 6.07 Å². The summed E-state index contributed by atoms with van der Waals surface area (Å²) in [6.07, 6.45) is 2.36. The number of carbonyl (C=O) groups is 1. The number of piperidine rings is 1. The number of carboxylic acids is 1. The third kappa shape index (κ3) is 3.67. The van der Waals surface area contributed by atoms with Crippen molar-refractivity contribution in [1.82, 2.24) is 4.90 Å². The van der Waals surface area contributed by atoms with Crippen molar-refractivity contribution in [3.05, 3.63) is 29.6 Å². The SMILES string of the molecule is CN1CCCC(CNc2ccc(F)c(C(=O)O)c2)C1. The summed E-state index contributed by atoms with van der Waals surface area (Å²) in [5.74, 6) is -1.38. The fraction of sp³-hybridized carbons (Fsp3) is 0.500. The van der Waals surface area contributed by atoms with Crippen LogP contribution in [0.25, 0.3) is 0 Å². The van der Waals surface area contributed by atoms with E-state index in [4.69, 9.17) is 5.11 Å². The normalized spacial score (nSPS) is 20.2. The molecule has 1 heterocycles. The smallest absolute Gasteiger partial charge is 0.338 e. The molecule has 1 fully saturated rings. The number of aromatic carboxylic acids is 1. The van der Waals surface area contributed by atoms with Gasteiger partial charge in [0.2, 0.25) is 0 Å². The average Bonchev–Trinajstić information content (AvgIpc) is 2.37. The van der Waals surface area contributed by atoms with E-state index in [0.717, 1.165) is 19.6 Å². The summed E-state index contributed by atoms with van der Waals surface area (Å²) in [5, 5.41) is 12.1. The molecule has 1 atom stereocenters. The zero-order chi connectivity index (χ0) is 13.8. The van der Waals surface area contributed by atoms with Gasteiger partial charge in [0.1, 0.15) is 5.82 Å². The average molecular weight is 266 g/mol. The molecule has 0 amide bonds. The Labute approximate surface area is 112 Å². The van der Waals surface area contributed by atoms with Gasteiger partial charge in [0.05, 0.1) is 5.56 Å². The largest absolute Gasteiger partial charge is 0.478 e. The molecule has 1 aliphatic heterocycles. The third-order valence-electron chi connectivity index (χ3n) is 3.51. The molecule has 1 unspecified atom stereocenters. The lowest BCUT2D eigenvalue weighted by Gasteiger charge is -2.30. The highest BCUT2D eigenvalue weighted by Crippen LogP contribution is 2.18. The van der Waals surface area contributed by atoms with Gasteiger partial charge in [-0.25, -0.2) is 9.18 Å². The maximum atomic E-state index is 13.3. The van der Waals surface area contributed by atoms with E-state index in [-0.39, 0.29) is 5.56 Å². The number of likely N-dealkylation sites (tertiary alicyclic amines) is 1. The Morgan fingerprint density at radius 3 is 3.05 bits per heavy atom. The molecule has 0 spiro atoms. The van der Waals surface area contributed by atoms with E-state index in [0.29, 0.717) is 11.6 Å². The fourth-order valence-corrected chi connectivity index (χ4v) is 2.50. The minimum atomic E-state index is -1.24. The Morgan fingerprint density at radius 2 is 2.37 bits per heavy atom. The summed E-state index contributed by atoms with van der Waals surface area (Å²) in [7, 11) is 2.10. The molecule has 104 valence electrons. The van der Waals surface area contributed by atoms with E-state index in [2.05, 4.69) is 17.3 Å². The Hall–Kier alpha value is -1.62. The van der Waals surface area contributed by atoms with Gasteiger partial charge < -0.3 is 15.3 Å². The van der Waals surface area contributed by atoms with Crippen LogP contribution in [0.2, 0.25) is 0 Å². The minimum absolute atomic E-state index is 0.286. The van der Waals surface area contributed by atoms with Crippen LogP contribution < -0.4 is 5.32 Å². The molecule has 0 radical (unpaired) electrons. The first-order valence-corrected chi connectivity index (χ1v) is 6.51. The van der Waals surface area contributed by atoms with Crippen LogP contribution in [0, 0.1) is 11.7 Å². The fourth-order valence-electron chi connectivity index (χ4n) is 2.50. The molecule has 1 aromatic carbocycles. The van der Waals surface area contributed by atoms with Crippen molar-refractivity contribution in [1.29, 1.82) is 0 Å². The van der Waals surface area contributed by atoms with E-state index in [9.17, 15) is 9.18 Å². The van der Waals surface area contributed by atoms with Gasteiger partial charge in [0.15, 0.2) is 0 Å². The first kappa shape index (κ1) is 13.8. The van der Waals surface area contributed by atoms with Crippen LogP contribution in [0.1, 0.15) is 23.2 Å². The summed E-state index contributed by atoms with van der Waals surface area (Å²) >= 11 is 0. The van der Waals surface area contributed by atoms with Gasteiger partial charge in [-0.1, -0.05) is 0 Å². The lowest BCUT2D eigenvalue weighted by atomic mass is 9.98. The number of carboxylic acid groups (broad SMARTS) is 1. The monoisotopic (exact) mass is 266 g/mol. The van der Waals surface area contributed by atoms with E-state index in [1.165, 1.54) is 25.0 Å². The maximum Gasteiger partial charge on any atom is 0.338 e. The van der Waals surface area contributed by atoms with Crippen molar-refractivity contribution >= 4 is 11.7 Å². The molecule has 1 aliphatic rings. The van der Waals surface area contributed by atoms with Crippen molar-refractivity contribution in [2.45, 2.75) is 12.8 Å². The molecule has 5 heteroatoms. The minimum Gasteiger partial charge on any atom is -0.478 e. The zero-order valence-corrected chi connectivity index (χ0v) is 11.0. The lowest BCUT2D eigenvalue weighted by Crippen LogP contribution is -2.35. The second-order valence-corrected chi connectivity index (χ2v) is 5.15. The molecule has 4 nitrogen and oxygen atoms in total. The highest BCUT2D eigenvalue weighted by atomic mass is 19.1. The van der Waals surface area contributed by atoms with Crippen molar-refractivity contribution < 1.29 is 14.3 Å². The Morgan fingerprint density at radius 1 is 1.58 bits per heavy atom. The quantitative estimate of drug-likeness (QED) is 0.878. The molecular formula is C14H19FN2O2. The number of rotatable bonds is 4. The van der Waals surface area contributed by atoms with Crippen molar-refractivity contribution in [2.75, 3.05) is 32.0 Å². The number of hydrogen-bond acceptors (Lipinski definition) is 3. The lowest BCUT2D eigenvalue weighted by molar-refractivity contribution is 0.0692. The van der Waals surface area contributed by atoms with Crippen molar-refractivity contribution in [2.24, 2.45) is 5.92 Å². The van der Waals surface area contributed by atoms with E-state index in [1.807, 2.05) is 0 Å². The van der Waals surface area contributed by atoms with Crippen LogP contribution in [0.3, 0.4) is 0 Å². The molecule has 19 heavy (non-hydrogen) atoms. The van der Waals surface area contributed by atoms with Gasteiger partial charge in [0, 0.05) is 18.8 Å². The summed E-state index contributed by atoms with van der Waals surface area (Å²) in [5.41, 5.74) is 0.373. The number of benzene rings is 1.